The second-order valence-electron chi connectivity index (χ2n) is 5.12. The van der Waals surface area contributed by atoms with Crippen LogP contribution in [0, 0.1) is 0 Å². The second-order valence-corrected chi connectivity index (χ2v) is 5.12. The van der Waals surface area contributed by atoms with Crippen molar-refractivity contribution in [1.29, 1.82) is 0 Å². The fourth-order valence-corrected chi connectivity index (χ4v) is 2.37. The smallest absolute Gasteiger partial charge is 0.229 e. The zero-order chi connectivity index (χ0) is 13.4. The highest BCUT2D eigenvalue weighted by Gasteiger charge is 2.27. The number of hydrogen-bond donors (Lipinski definition) is 1. The Morgan fingerprint density at radius 2 is 2.05 bits per heavy atom. The summed E-state index contributed by atoms with van der Waals surface area (Å²) in [6.45, 7) is 4.33. The molecular weight excluding hydrogens is 240 g/mol. The first-order chi connectivity index (χ1) is 9.15. The molecule has 1 aromatic carbocycles. The molecule has 1 amide bonds. The molecule has 1 aliphatic rings. The summed E-state index contributed by atoms with van der Waals surface area (Å²) >= 11 is 0. The quantitative estimate of drug-likeness (QED) is 0.897. The molecule has 0 saturated carbocycles. The van der Waals surface area contributed by atoms with Crippen molar-refractivity contribution in [3.8, 4) is 0 Å². The van der Waals surface area contributed by atoms with Crippen LogP contribution in [0.4, 0.5) is 5.95 Å². The summed E-state index contributed by atoms with van der Waals surface area (Å²) in [7, 11) is 0. The number of amides is 1. The number of aromatic nitrogens is 3. The molecule has 98 valence electrons. The first-order valence-corrected chi connectivity index (χ1v) is 6.44. The van der Waals surface area contributed by atoms with Gasteiger partial charge in [-0.15, -0.1) is 0 Å². The lowest BCUT2D eigenvalue weighted by atomic mass is 9.97. The molecule has 0 spiro atoms. The van der Waals surface area contributed by atoms with Gasteiger partial charge in [-0.3, -0.25) is 10.1 Å². The van der Waals surface area contributed by atoms with Gasteiger partial charge < -0.3 is 0 Å². The maximum atomic E-state index is 11.7. The average Bonchev–Trinajstić information content (AvgIpc) is 2.85. The summed E-state index contributed by atoms with van der Waals surface area (Å²) in [5.41, 5.74) is 2.38. The van der Waals surface area contributed by atoms with Gasteiger partial charge in [0.1, 0.15) is 6.33 Å². The number of hydrogen-bond acceptors (Lipinski definition) is 3. The van der Waals surface area contributed by atoms with Gasteiger partial charge in [0.15, 0.2) is 0 Å². The van der Waals surface area contributed by atoms with Gasteiger partial charge in [-0.05, 0) is 17.0 Å². The summed E-state index contributed by atoms with van der Waals surface area (Å²) in [4.78, 5) is 15.7. The number of nitrogens with one attached hydrogen (secondary N) is 1. The van der Waals surface area contributed by atoms with E-state index in [1.807, 2.05) is 0 Å². The van der Waals surface area contributed by atoms with E-state index in [9.17, 15) is 4.79 Å². The molecule has 5 nitrogen and oxygen atoms in total. The van der Waals surface area contributed by atoms with E-state index < -0.39 is 0 Å². The summed E-state index contributed by atoms with van der Waals surface area (Å²) in [6, 6.07) is 8.31. The third kappa shape index (κ3) is 2.12. The molecule has 5 heteroatoms. The predicted molar refractivity (Wildman–Crippen MR) is 71.9 cm³/mol. The van der Waals surface area contributed by atoms with E-state index in [1.165, 1.54) is 11.9 Å². The Morgan fingerprint density at radius 3 is 2.74 bits per heavy atom. The van der Waals surface area contributed by atoms with Crippen LogP contribution in [0.15, 0.2) is 30.6 Å². The van der Waals surface area contributed by atoms with Crippen molar-refractivity contribution in [2.45, 2.75) is 32.2 Å². The molecule has 0 radical (unpaired) electrons. The SMILES string of the molecule is CC(C)c1ccc([C@H]2CC(=O)Nc3ncnn32)cc1. The van der Waals surface area contributed by atoms with Crippen LogP contribution in [0.2, 0.25) is 0 Å². The lowest BCUT2D eigenvalue weighted by molar-refractivity contribution is -0.117. The fourth-order valence-electron chi connectivity index (χ4n) is 2.37. The minimum atomic E-state index is -0.0625. The number of anilines is 1. The summed E-state index contributed by atoms with van der Waals surface area (Å²) in [6.07, 6.45) is 1.87. The standard InChI is InChI=1S/C14H16N4O/c1-9(2)10-3-5-11(6-4-10)12-7-13(19)17-14-15-8-16-18(12)14/h3-6,8-9,12H,7H2,1-2H3,(H,15,16,17,19)/t12-/m1/s1. The first-order valence-electron chi connectivity index (χ1n) is 6.44. The molecule has 1 atom stereocenters. The van der Waals surface area contributed by atoms with Crippen molar-refractivity contribution in [3.63, 3.8) is 0 Å². The van der Waals surface area contributed by atoms with Crippen LogP contribution in [0.3, 0.4) is 0 Å². The van der Waals surface area contributed by atoms with Crippen molar-refractivity contribution in [3.05, 3.63) is 41.7 Å². The number of carbonyl (C=O) groups excluding carboxylic acids is 1. The predicted octanol–water partition coefficient (Wildman–Crippen LogP) is 2.33. The lowest BCUT2D eigenvalue weighted by Crippen LogP contribution is -2.29. The van der Waals surface area contributed by atoms with E-state index in [2.05, 4.69) is 53.5 Å². The van der Waals surface area contributed by atoms with Crippen LogP contribution in [0.25, 0.3) is 0 Å². The highest BCUT2D eigenvalue weighted by Crippen LogP contribution is 2.29. The number of benzene rings is 1. The Hall–Kier alpha value is -2.17. The first kappa shape index (κ1) is 11.9. The monoisotopic (exact) mass is 256 g/mol. The summed E-state index contributed by atoms with van der Waals surface area (Å²) in [5.74, 6) is 1.01. The molecule has 1 aromatic heterocycles. The van der Waals surface area contributed by atoms with Gasteiger partial charge in [-0.2, -0.15) is 10.1 Å². The number of rotatable bonds is 2. The zero-order valence-corrected chi connectivity index (χ0v) is 11.0. The highest BCUT2D eigenvalue weighted by atomic mass is 16.2. The Kier molecular flexibility index (Phi) is 2.81. The highest BCUT2D eigenvalue weighted by molar-refractivity contribution is 5.91. The number of fused-ring (bicyclic) bond motifs is 1. The molecule has 3 rings (SSSR count). The molecule has 0 bridgehead atoms. The largest absolute Gasteiger partial charge is 0.295 e. The van der Waals surface area contributed by atoms with E-state index in [1.54, 1.807) is 4.68 Å². The Bertz CT molecular complexity index is 600. The van der Waals surface area contributed by atoms with Crippen molar-refractivity contribution < 1.29 is 4.79 Å². The normalized spacial score (nSPS) is 18.3. The molecular formula is C14H16N4O. The Balaban J connectivity index is 1.96. The van der Waals surface area contributed by atoms with Crippen LogP contribution < -0.4 is 5.32 Å². The van der Waals surface area contributed by atoms with E-state index >= 15 is 0 Å². The molecule has 0 saturated heterocycles. The molecule has 1 N–H and O–H groups in total. The van der Waals surface area contributed by atoms with Crippen molar-refractivity contribution in [2.75, 3.05) is 5.32 Å². The minimum absolute atomic E-state index is 0.0153. The molecule has 2 heterocycles. The van der Waals surface area contributed by atoms with Gasteiger partial charge in [-0.25, -0.2) is 4.68 Å². The van der Waals surface area contributed by atoms with E-state index in [-0.39, 0.29) is 11.9 Å². The van der Waals surface area contributed by atoms with Gasteiger partial charge in [0.05, 0.1) is 12.5 Å². The van der Waals surface area contributed by atoms with Gasteiger partial charge >= 0.3 is 0 Å². The van der Waals surface area contributed by atoms with Crippen LogP contribution in [-0.2, 0) is 4.79 Å². The van der Waals surface area contributed by atoms with E-state index in [0.29, 0.717) is 18.3 Å². The van der Waals surface area contributed by atoms with Gasteiger partial charge in [-0.1, -0.05) is 38.1 Å². The fraction of sp³-hybridized carbons (Fsp3) is 0.357. The number of carbonyl (C=O) groups is 1. The maximum absolute atomic E-state index is 11.7. The lowest BCUT2D eigenvalue weighted by Gasteiger charge is -2.24. The van der Waals surface area contributed by atoms with E-state index in [4.69, 9.17) is 0 Å². The summed E-state index contributed by atoms with van der Waals surface area (Å²) < 4.78 is 1.77. The zero-order valence-electron chi connectivity index (χ0n) is 11.0. The maximum Gasteiger partial charge on any atom is 0.229 e. The Morgan fingerprint density at radius 1 is 1.32 bits per heavy atom. The van der Waals surface area contributed by atoms with Gasteiger partial charge in [0, 0.05) is 0 Å². The second kappa shape index (κ2) is 4.50. The van der Waals surface area contributed by atoms with Crippen LogP contribution >= 0.6 is 0 Å². The Labute approximate surface area is 111 Å². The van der Waals surface area contributed by atoms with Gasteiger partial charge in [0.2, 0.25) is 11.9 Å². The van der Waals surface area contributed by atoms with Gasteiger partial charge in [0.25, 0.3) is 0 Å². The topological polar surface area (TPSA) is 59.8 Å². The van der Waals surface area contributed by atoms with Crippen molar-refractivity contribution in [2.24, 2.45) is 0 Å². The average molecular weight is 256 g/mol. The third-order valence-electron chi connectivity index (χ3n) is 3.49. The summed E-state index contributed by atoms with van der Waals surface area (Å²) in [5, 5.41) is 6.92. The van der Waals surface area contributed by atoms with Crippen molar-refractivity contribution >= 4 is 11.9 Å². The molecule has 1 aliphatic heterocycles. The molecule has 19 heavy (non-hydrogen) atoms. The molecule has 0 aliphatic carbocycles. The molecule has 0 fully saturated rings. The van der Waals surface area contributed by atoms with Crippen molar-refractivity contribution in [1.82, 2.24) is 14.8 Å². The molecule has 2 aromatic rings. The molecule has 0 unspecified atom stereocenters. The van der Waals surface area contributed by atoms with E-state index in [0.717, 1.165) is 5.56 Å². The van der Waals surface area contributed by atoms with Crippen LogP contribution in [0.5, 0.6) is 0 Å². The van der Waals surface area contributed by atoms with Crippen LogP contribution in [0.1, 0.15) is 43.4 Å². The number of nitrogens with zero attached hydrogens (tertiary/aromatic N) is 3. The third-order valence-corrected chi connectivity index (χ3v) is 3.49. The van der Waals surface area contributed by atoms with Crippen LogP contribution in [-0.4, -0.2) is 20.7 Å². The minimum Gasteiger partial charge on any atom is -0.295 e.